The monoisotopic (exact) mass is 284 g/mol. The molecule has 0 aliphatic carbocycles. The fourth-order valence-corrected chi connectivity index (χ4v) is 1.62. The Morgan fingerprint density at radius 1 is 1.05 bits per heavy atom. The highest BCUT2D eigenvalue weighted by Gasteiger charge is 2.43. The molecule has 2 nitrogen and oxygen atoms in total. The van der Waals surface area contributed by atoms with Crippen molar-refractivity contribution in [3.05, 3.63) is 34.4 Å². The van der Waals surface area contributed by atoms with E-state index in [-0.39, 0.29) is 12.4 Å². The number of Topliss-reactive ketones (excluding diaryl/α,β-unsaturated/α-hetero) is 1. The van der Waals surface area contributed by atoms with E-state index < -0.39 is 40.4 Å². The highest BCUT2D eigenvalue weighted by Crippen LogP contribution is 2.41. The van der Waals surface area contributed by atoms with Gasteiger partial charge in [0.15, 0.2) is 12.1 Å². The average Bonchev–Trinajstić information content (AvgIpc) is 2.24. The van der Waals surface area contributed by atoms with E-state index in [9.17, 15) is 35.9 Å². The first kappa shape index (κ1) is 15.2. The summed E-state index contributed by atoms with van der Waals surface area (Å²) in [7, 11) is 0. The molecular weight excluding hydrogens is 278 g/mol. The molecule has 0 unspecified atom stereocenters. The summed E-state index contributed by atoms with van der Waals surface area (Å²) in [4.78, 5) is 21.6. The second-order valence-corrected chi connectivity index (χ2v) is 3.62. The van der Waals surface area contributed by atoms with Crippen molar-refractivity contribution in [2.75, 3.05) is 0 Å². The van der Waals surface area contributed by atoms with Crippen LogP contribution in [0.3, 0.4) is 0 Å². The minimum Gasteiger partial charge on any atom is -0.298 e. The third-order valence-electron chi connectivity index (χ3n) is 2.31. The van der Waals surface area contributed by atoms with Crippen LogP contribution >= 0.6 is 0 Å². The summed E-state index contributed by atoms with van der Waals surface area (Å²) in [5.74, 6) is -1.41. The van der Waals surface area contributed by atoms with Gasteiger partial charge >= 0.3 is 12.4 Å². The molecule has 0 atom stereocenters. The molecule has 0 saturated carbocycles. The number of rotatable bonds is 2. The highest BCUT2D eigenvalue weighted by atomic mass is 19.4. The van der Waals surface area contributed by atoms with Gasteiger partial charge in [-0.3, -0.25) is 9.59 Å². The van der Waals surface area contributed by atoms with Gasteiger partial charge in [-0.2, -0.15) is 26.3 Å². The Morgan fingerprint density at radius 3 is 1.89 bits per heavy atom. The van der Waals surface area contributed by atoms with E-state index in [0.717, 1.165) is 0 Å². The Balaban J connectivity index is 3.85. The number of carbonyl (C=O) groups excluding carboxylic acids is 2. The molecule has 0 bridgehead atoms. The number of hydrogen-bond acceptors (Lipinski definition) is 2. The molecule has 8 heteroatoms. The van der Waals surface area contributed by atoms with Gasteiger partial charge in [0.25, 0.3) is 0 Å². The number of hydrogen-bond donors (Lipinski definition) is 0. The summed E-state index contributed by atoms with van der Waals surface area (Å²) in [6, 6.07) is 0.681. The number of halogens is 6. The number of alkyl halides is 6. The van der Waals surface area contributed by atoms with E-state index >= 15 is 0 Å². The van der Waals surface area contributed by atoms with Gasteiger partial charge in [-0.25, -0.2) is 0 Å². The van der Waals surface area contributed by atoms with Crippen molar-refractivity contribution in [1.29, 1.82) is 0 Å². The maximum atomic E-state index is 12.7. The zero-order valence-electron chi connectivity index (χ0n) is 9.32. The SMILES string of the molecule is CC(=O)c1c(C(F)(F)F)ccc(C=O)c1C(F)(F)F. The molecule has 1 rings (SSSR count). The van der Waals surface area contributed by atoms with E-state index in [4.69, 9.17) is 0 Å². The number of aldehydes is 1. The summed E-state index contributed by atoms with van der Waals surface area (Å²) < 4.78 is 76.1. The van der Waals surface area contributed by atoms with Crippen LogP contribution in [0.1, 0.15) is 38.8 Å². The van der Waals surface area contributed by atoms with Crippen molar-refractivity contribution < 1.29 is 35.9 Å². The van der Waals surface area contributed by atoms with Crippen molar-refractivity contribution in [3.63, 3.8) is 0 Å². The van der Waals surface area contributed by atoms with Crippen LogP contribution < -0.4 is 0 Å². The molecule has 1 aromatic rings. The van der Waals surface area contributed by atoms with Crippen LogP contribution in [0.15, 0.2) is 12.1 Å². The molecule has 0 N–H and O–H groups in total. The predicted molar refractivity (Wildman–Crippen MR) is 51.8 cm³/mol. The van der Waals surface area contributed by atoms with Crippen molar-refractivity contribution in [3.8, 4) is 0 Å². The van der Waals surface area contributed by atoms with Gasteiger partial charge in [-0.15, -0.1) is 0 Å². The minimum absolute atomic E-state index is 0.241. The first-order valence-electron chi connectivity index (χ1n) is 4.77. The molecule has 0 aromatic heterocycles. The minimum atomic E-state index is -5.24. The summed E-state index contributed by atoms with van der Waals surface area (Å²) >= 11 is 0. The lowest BCUT2D eigenvalue weighted by molar-refractivity contribution is -0.143. The third-order valence-corrected chi connectivity index (χ3v) is 2.31. The molecule has 104 valence electrons. The Labute approximate surface area is 103 Å². The Kier molecular flexibility index (Phi) is 3.74. The van der Waals surface area contributed by atoms with Gasteiger partial charge in [0.1, 0.15) is 0 Å². The van der Waals surface area contributed by atoms with E-state index in [0.29, 0.717) is 13.0 Å². The lowest BCUT2D eigenvalue weighted by Gasteiger charge is -2.18. The Bertz CT molecular complexity index is 527. The first-order valence-corrected chi connectivity index (χ1v) is 4.77. The molecule has 0 aliphatic heterocycles. The van der Waals surface area contributed by atoms with Gasteiger partial charge in [0.05, 0.1) is 11.1 Å². The molecule has 0 fully saturated rings. The van der Waals surface area contributed by atoms with Gasteiger partial charge in [0, 0.05) is 11.1 Å². The van der Waals surface area contributed by atoms with Crippen LogP contribution in [0.4, 0.5) is 26.3 Å². The lowest BCUT2D eigenvalue weighted by atomic mass is 9.93. The summed E-state index contributed by atoms with van der Waals surface area (Å²) in [5.41, 5.74) is -6.11. The van der Waals surface area contributed by atoms with Gasteiger partial charge in [-0.05, 0) is 13.0 Å². The van der Waals surface area contributed by atoms with Crippen LogP contribution in [-0.4, -0.2) is 12.1 Å². The van der Waals surface area contributed by atoms with Gasteiger partial charge in [0.2, 0.25) is 0 Å². The molecule has 0 aliphatic rings. The number of carbonyl (C=O) groups is 2. The van der Waals surface area contributed by atoms with Crippen LogP contribution in [0.5, 0.6) is 0 Å². The van der Waals surface area contributed by atoms with Crippen molar-refractivity contribution in [2.24, 2.45) is 0 Å². The van der Waals surface area contributed by atoms with E-state index in [1.54, 1.807) is 0 Å². The molecule has 0 heterocycles. The highest BCUT2D eigenvalue weighted by molar-refractivity contribution is 5.99. The third kappa shape index (κ3) is 2.94. The largest absolute Gasteiger partial charge is 0.417 e. The number of benzene rings is 1. The topological polar surface area (TPSA) is 34.1 Å². The second kappa shape index (κ2) is 4.67. The Hall–Kier alpha value is -1.86. The molecule has 0 saturated heterocycles. The molecule has 1 aromatic carbocycles. The number of ketones is 1. The molecule has 0 spiro atoms. The molecule has 19 heavy (non-hydrogen) atoms. The van der Waals surface area contributed by atoms with Gasteiger partial charge < -0.3 is 0 Å². The smallest absolute Gasteiger partial charge is 0.298 e. The lowest BCUT2D eigenvalue weighted by Crippen LogP contribution is -2.21. The fourth-order valence-electron chi connectivity index (χ4n) is 1.62. The molecular formula is C11H6F6O2. The zero-order chi connectivity index (χ0) is 15.0. The van der Waals surface area contributed by atoms with E-state index in [1.165, 1.54) is 0 Å². The maximum absolute atomic E-state index is 12.7. The molecule has 0 radical (unpaired) electrons. The van der Waals surface area contributed by atoms with Crippen LogP contribution in [0.2, 0.25) is 0 Å². The average molecular weight is 284 g/mol. The standard InChI is InChI=1S/C11H6F6O2/c1-5(19)8-7(10(12,13)14)3-2-6(4-18)9(8)11(15,16)17/h2-4H,1H3. The van der Waals surface area contributed by atoms with Crippen LogP contribution in [0, 0.1) is 0 Å². The van der Waals surface area contributed by atoms with E-state index in [1.807, 2.05) is 0 Å². The van der Waals surface area contributed by atoms with Crippen LogP contribution in [-0.2, 0) is 12.4 Å². The zero-order valence-corrected chi connectivity index (χ0v) is 9.32. The molecule has 0 amide bonds. The summed E-state index contributed by atoms with van der Waals surface area (Å²) in [6.07, 6.45) is -10.6. The second-order valence-electron chi connectivity index (χ2n) is 3.62. The van der Waals surface area contributed by atoms with Crippen molar-refractivity contribution in [2.45, 2.75) is 19.3 Å². The quantitative estimate of drug-likeness (QED) is 0.471. The fraction of sp³-hybridized carbons (Fsp3) is 0.273. The first-order chi connectivity index (χ1) is 8.50. The summed E-state index contributed by atoms with van der Waals surface area (Å²) in [5, 5.41) is 0. The van der Waals surface area contributed by atoms with Gasteiger partial charge in [-0.1, -0.05) is 6.07 Å². The van der Waals surface area contributed by atoms with Crippen molar-refractivity contribution >= 4 is 12.1 Å². The van der Waals surface area contributed by atoms with Crippen LogP contribution in [0.25, 0.3) is 0 Å². The maximum Gasteiger partial charge on any atom is 0.417 e. The Morgan fingerprint density at radius 2 is 1.58 bits per heavy atom. The van der Waals surface area contributed by atoms with Crippen molar-refractivity contribution in [1.82, 2.24) is 0 Å². The summed E-state index contributed by atoms with van der Waals surface area (Å²) in [6.45, 7) is 0.578. The van der Waals surface area contributed by atoms with E-state index in [2.05, 4.69) is 0 Å². The predicted octanol–water partition coefficient (Wildman–Crippen LogP) is 3.74. The normalized spacial score (nSPS) is 12.4.